The molecule has 7 heteroatoms. The maximum Gasteiger partial charge on any atom is 0.338 e. The minimum absolute atomic E-state index is 0.129. The number of esters is 1. The highest BCUT2D eigenvalue weighted by molar-refractivity contribution is 7.89. The van der Waals surface area contributed by atoms with E-state index in [9.17, 15) is 13.2 Å². The van der Waals surface area contributed by atoms with Gasteiger partial charge in [-0.2, -0.15) is 0 Å². The zero-order valence-electron chi connectivity index (χ0n) is 15.5. The first-order valence-corrected chi connectivity index (χ1v) is 9.77. The van der Waals surface area contributed by atoms with E-state index in [0.717, 1.165) is 21.9 Å². The monoisotopic (exact) mass is 376 g/mol. The normalized spacial score (nSPS) is 11.6. The smallest absolute Gasteiger partial charge is 0.338 e. The average Bonchev–Trinajstić information content (AvgIpc) is 2.61. The van der Waals surface area contributed by atoms with E-state index in [2.05, 4.69) is 4.98 Å². The number of nitrogens with zero attached hydrogens (tertiary/aromatic N) is 2. The van der Waals surface area contributed by atoms with Crippen LogP contribution in [-0.2, 0) is 21.2 Å². The van der Waals surface area contributed by atoms with Gasteiger partial charge in [0.1, 0.15) is 0 Å². The van der Waals surface area contributed by atoms with E-state index < -0.39 is 16.0 Å². The molecule has 1 heterocycles. The summed E-state index contributed by atoms with van der Waals surface area (Å²) < 4.78 is 31.4. The maximum absolute atomic E-state index is 12.5. The molecule has 0 fully saturated rings. The van der Waals surface area contributed by atoms with Crippen LogP contribution in [0.1, 0.15) is 33.5 Å². The minimum atomic E-state index is -3.63. The second-order valence-corrected chi connectivity index (χ2v) is 8.42. The molecule has 0 N–H and O–H groups in total. The van der Waals surface area contributed by atoms with Gasteiger partial charge < -0.3 is 4.74 Å². The summed E-state index contributed by atoms with van der Waals surface area (Å²) in [6.45, 7) is 3.77. The Morgan fingerprint density at radius 2 is 1.96 bits per heavy atom. The van der Waals surface area contributed by atoms with Crippen LogP contribution in [0, 0.1) is 13.8 Å². The number of carbonyl (C=O) groups excluding carboxylic acids is 1. The maximum atomic E-state index is 12.5. The summed E-state index contributed by atoms with van der Waals surface area (Å²) >= 11 is 0. The van der Waals surface area contributed by atoms with Crippen LogP contribution in [0.2, 0.25) is 0 Å². The Kier molecular flexibility index (Phi) is 6.50. The quantitative estimate of drug-likeness (QED) is 0.549. The van der Waals surface area contributed by atoms with Crippen molar-refractivity contribution in [1.82, 2.24) is 9.29 Å². The highest BCUT2D eigenvalue weighted by Crippen LogP contribution is 2.23. The molecule has 0 aliphatic heterocycles. The Balaban J connectivity index is 2.08. The van der Waals surface area contributed by atoms with E-state index >= 15 is 0 Å². The molecule has 0 amide bonds. The van der Waals surface area contributed by atoms with Gasteiger partial charge in [0.05, 0.1) is 17.1 Å². The number of rotatable bonds is 7. The largest absolute Gasteiger partial charge is 0.462 e. The second kappa shape index (κ2) is 8.42. The van der Waals surface area contributed by atoms with Gasteiger partial charge in [0, 0.05) is 26.5 Å². The van der Waals surface area contributed by atoms with Crippen molar-refractivity contribution in [3.05, 3.63) is 58.9 Å². The zero-order chi connectivity index (χ0) is 19.3. The van der Waals surface area contributed by atoms with Crippen LogP contribution in [-0.4, -0.2) is 44.4 Å². The lowest BCUT2D eigenvalue weighted by Crippen LogP contribution is -2.24. The molecule has 0 spiro atoms. The molecule has 0 atom stereocenters. The van der Waals surface area contributed by atoms with E-state index in [-0.39, 0.29) is 17.1 Å². The molecule has 26 heavy (non-hydrogen) atoms. The molecule has 0 radical (unpaired) electrons. The first-order valence-electron chi connectivity index (χ1n) is 8.33. The molecular formula is C19H24N2O4S. The van der Waals surface area contributed by atoms with E-state index in [0.29, 0.717) is 12.0 Å². The highest BCUT2D eigenvalue weighted by Gasteiger charge is 2.23. The molecule has 0 bridgehead atoms. The van der Waals surface area contributed by atoms with Gasteiger partial charge in [-0.25, -0.2) is 17.5 Å². The third-order valence-electron chi connectivity index (χ3n) is 4.18. The van der Waals surface area contributed by atoms with Crippen LogP contribution in [0.4, 0.5) is 0 Å². The Labute approximate surface area is 154 Å². The van der Waals surface area contributed by atoms with E-state index in [4.69, 9.17) is 4.74 Å². The first-order chi connectivity index (χ1) is 12.2. The number of hydrogen-bond donors (Lipinski definition) is 0. The molecule has 0 aliphatic carbocycles. The summed E-state index contributed by atoms with van der Waals surface area (Å²) in [4.78, 5) is 16.5. The van der Waals surface area contributed by atoms with Crippen molar-refractivity contribution in [1.29, 1.82) is 0 Å². The van der Waals surface area contributed by atoms with Gasteiger partial charge in [0.2, 0.25) is 10.0 Å². The van der Waals surface area contributed by atoms with Crippen molar-refractivity contribution >= 4 is 16.0 Å². The van der Waals surface area contributed by atoms with Crippen molar-refractivity contribution in [3.8, 4) is 0 Å². The lowest BCUT2D eigenvalue weighted by atomic mass is 10.1. The van der Waals surface area contributed by atoms with Crippen molar-refractivity contribution in [2.75, 3.05) is 20.7 Å². The molecule has 0 saturated carbocycles. The summed E-state index contributed by atoms with van der Waals surface area (Å²) in [5.74, 6) is -0.519. The average molecular weight is 376 g/mol. The van der Waals surface area contributed by atoms with Crippen molar-refractivity contribution in [2.24, 2.45) is 0 Å². The predicted octanol–water partition coefficient (Wildman–Crippen LogP) is 2.74. The molecular weight excluding hydrogens is 352 g/mol. The fourth-order valence-corrected chi connectivity index (χ4v) is 3.70. The van der Waals surface area contributed by atoms with Gasteiger partial charge in [0.25, 0.3) is 0 Å². The van der Waals surface area contributed by atoms with Crippen LogP contribution in [0.5, 0.6) is 0 Å². The van der Waals surface area contributed by atoms with Crippen LogP contribution >= 0.6 is 0 Å². The van der Waals surface area contributed by atoms with Crippen LogP contribution in [0.15, 0.2) is 41.6 Å². The lowest BCUT2D eigenvalue weighted by molar-refractivity contribution is 0.0500. The number of pyridine rings is 1. The number of carbonyl (C=O) groups is 1. The van der Waals surface area contributed by atoms with Crippen molar-refractivity contribution < 1.29 is 17.9 Å². The fraction of sp³-hybridized carbons (Fsp3) is 0.368. The SMILES string of the molecule is Cc1cc(C(=O)OCCCc2cccnc2)cc(S(=O)(=O)N(C)C)c1C. The van der Waals surface area contributed by atoms with Gasteiger partial charge in [0.15, 0.2) is 0 Å². The van der Waals surface area contributed by atoms with E-state index in [1.807, 2.05) is 12.1 Å². The Hall–Kier alpha value is -2.25. The predicted molar refractivity (Wildman–Crippen MR) is 99.6 cm³/mol. The number of benzene rings is 1. The summed E-state index contributed by atoms with van der Waals surface area (Å²) in [5.41, 5.74) is 2.69. The molecule has 2 rings (SSSR count). The van der Waals surface area contributed by atoms with Crippen molar-refractivity contribution in [2.45, 2.75) is 31.6 Å². The molecule has 6 nitrogen and oxygen atoms in total. The number of aromatic nitrogens is 1. The van der Waals surface area contributed by atoms with Crippen molar-refractivity contribution in [3.63, 3.8) is 0 Å². The molecule has 0 unspecified atom stereocenters. The third kappa shape index (κ3) is 4.68. The molecule has 2 aromatic rings. The van der Waals surface area contributed by atoms with Gasteiger partial charge in [-0.05, 0) is 61.6 Å². The standard InChI is InChI=1S/C19H24N2O4S/c1-14-11-17(12-18(15(14)2)26(23,24)21(3)4)19(22)25-10-6-8-16-7-5-9-20-13-16/h5,7,9,11-13H,6,8,10H2,1-4H3. The molecule has 0 saturated heterocycles. The number of ether oxygens (including phenoxy) is 1. The summed E-state index contributed by atoms with van der Waals surface area (Å²) in [6, 6.07) is 6.88. The van der Waals surface area contributed by atoms with E-state index in [1.54, 1.807) is 32.3 Å². The zero-order valence-corrected chi connectivity index (χ0v) is 16.3. The minimum Gasteiger partial charge on any atom is -0.462 e. The second-order valence-electron chi connectivity index (χ2n) is 6.30. The fourth-order valence-electron chi connectivity index (χ4n) is 2.48. The van der Waals surface area contributed by atoms with Gasteiger partial charge >= 0.3 is 5.97 Å². The first kappa shape index (κ1) is 20.1. The van der Waals surface area contributed by atoms with Crippen LogP contribution in [0.25, 0.3) is 0 Å². The molecule has 1 aromatic carbocycles. The summed E-state index contributed by atoms with van der Waals surface area (Å²) in [7, 11) is -0.697. The Morgan fingerprint density at radius 1 is 1.23 bits per heavy atom. The number of hydrogen-bond acceptors (Lipinski definition) is 5. The molecule has 0 aliphatic rings. The summed E-state index contributed by atoms with van der Waals surface area (Å²) in [5, 5.41) is 0. The van der Waals surface area contributed by atoms with E-state index in [1.165, 1.54) is 20.2 Å². The van der Waals surface area contributed by atoms with Gasteiger partial charge in [-0.1, -0.05) is 6.07 Å². The van der Waals surface area contributed by atoms with Crippen LogP contribution < -0.4 is 0 Å². The molecule has 1 aromatic heterocycles. The number of sulfonamides is 1. The number of aryl methyl sites for hydroxylation is 2. The highest BCUT2D eigenvalue weighted by atomic mass is 32.2. The molecule has 140 valence electrons. The van der Waals surface area contributed by atoms with Crippen LogP contribution in [0.3, 0.4) is 0 Å². The third-order valence-corrected chi connectivity index (χ3v) is 6.12. The topological polar surface area (TPSA) is 76.6 Å². The lowest BCUT2D eigenvalue weighted by Gasteiger charge is -2.16. The summed E-state index contributed by atoms with van der Waals surface area (Å²) in [6.07, 6.45) is 4.92. The Morgan fingerprint density at radius 3 is 2.58 bits per heavy atom. The van der Waals surface area contributed by atoms with Gasteiger partial charge in [-0.3, -0.25) is 4.98 Å². The van der Waals surface area contributed by atoms with Gasteiger partial charge in [-0.15, -0.1) is 0 Å². The Bertz CT molecular complexity index is 878.